The maximum Gasteiger partial charge on any atom is 0.179 e. The molecular formula is C16H16Cl3N5S. The van der Waals surface area contributed by atoms with Gasteiger partial charge in [0.1, 0.15) is 10.0 Å². The van der Waals surface area contributed by atoms with Crippen LogP contribution in [-0.2, 0) is 13.5 Å². The molecule has 0 bridgehead atoms. The fraction of sp³-hybridized carbons (Fsp3) is 0.250. The van der Waals surface area contributed by atoms with Gasteiger partial charge in [-0.25, -0.2) is 4.68 Å². The van der Waals surface area contributed by atoms with Crippen molar-refractivity contribution in [3.63, 3.8) is 0 Å². The number of rotatable bonds is 6. The summed E-state index contributed by atoms with van der Waals surface area (Å²) in [6, 6.07) is 9.77. The molecule has 2 heterocycles. The highest BCUT2D eigenvalue weighted by Crippen LogP contribution is 2.40. The van der Waals surface area contributed by atoms with Gasteiger partial charge in [0.15, 0.2) is 5.15 Å². The Morgan fingerprint density at radius 1 is 1.24 bits per heavy atom. The summed E-state index contributed by atoms with van der Waals surface area (Å²) in [6.45, 7) is 0.488. The van der Waals surface area contributed by atoms with Gasteiger partial charge in [0.2, 0.25) is 0 Å². The highest BCUT2D eigenvalue weighted by Gasteiger charge is 2.18. The lowest BCUT2D eigenvalue weighted by molar-refractivity contribution is 0.720. The monoisotopic (exact) mass is 415 g/mol. The number of hydrogen-bond donors (Lipinski definition) is 2. The van der Waals surface area contributed by atoms with E-state index in [-0.39, 0.29) is 6.04 Å². The number of nitrogens with two attached hydrogens (primary N) is 1. The maximum atomic E-state index is 6.39. The molecule has 1 aromatic carbocycles. The number of halogens is 3. The molecule has 2 aromatic heterocycles. The van der Waals surface area contributed by atoms with Gasteiger partial charge >= 0.3 is 0 Å². The maximum absolute atomic E-state index is 6.39. The van der Waals surface area contributed by atoms with Crippen molar-refractivity contribution < 1.29 is 0 Å². The van der Waals surface area contributed by atoms with Gasteiger partial charge in [-0.3, -0.25) is 0 Å². The smallest absolute Gasteiger partial charge is 0.179 e. The van der Waals surface area contributed by atoms with Crippen LogP contribution in [0.3, 0.4) is 0 Å². The molecule has 0 saturated carbocycles. The second-order valence-corrected chi connectivity index (χ2v) is 8.01. The summed E-state index contributed by atoms with van der Waals surface area (Å²) in [5.41, 5.74) is 8.58. The summed E-state index contributed by atoms with van der Waals surface area (Å²) < 4.78 is 2.23. The fourth-order valence-corrected chi connectivity index (χ4v) is 4.16. The summed E-state index contributed by atoms with van der Waals surface area (Å²) in [7, 11) is 1.78. The van der Waals surface area contributed by atoms with Gasteiger partial charge in [0.05, 0.1) is 5.00 Å². The van der Waals surface area contributed by atoms with E-state index in [0.29, 0.717) is 21.7 Å². The van der Waals surface area contributed by atoms with Crippen LogP contribution < -0.4 is 11.1 Å². The Morgan fingerprint density at radius 2 is 1.96 bits per heavy atom. The van der Waals surface area contributed by atoms with Crippen LogP contribution in [0.5, 0.6) is 0 Å². The number of benzene rings is 1. The molecule has 3 aromatic rings. The number of hydrogen-bond acceptors (Lipinski definition) is 5. The minimum Gasteiger partial charge on any atom is -0.373 e. The van der Waals surface area contributed by atoms with Crippen LogP contribution in [0.1, 0.15) is 5.56 Å². The number of thiophene rings is 1. The largest absolute Gasteiger partial charge is 0.373 e. The Kier molecular flexibility index (Phi) is 5.86. The van der Waals surface area contributed by atoms with E-state index < -0.39 is 0 Å². The average molecular weight is 417 g/mol. The molecule has 0 unspecified atom stereocenters. The molecule has 5 nitrogen and oxygen atoms in total. The molecule has 0 saturated heterocycles. The molecule has 0 aliphatic rings. The summed E-state index contributed by atoms with van der Waals surface area (Å²) in [5, 5.41) is 13.2. The van der Waals surface area contributed by atoms with E-state index in [2.05, 4.69) is 15.6 Å². The van der Waals surface area contributed by atoms with Gasteiger partial charge in [-0.1, -0.05) is 52.1 Å². The molecule has 0 amide bonds. The third kappa shape index (κ3) is 4.27. The molecule has 0 fully saturated rings. The Morgan fingerprint density at radius 3 is 2.56 bits per heavy atom. The number of anilines is 1. The third-order valence-electron chi connectivity index (χ3n) is 3.75. The van der Waals surface area contributed by atoms with Crippen molar-refractivity contribution in [1.29, 1.82) is 0 Å². The lowest BCUT2D eigenvalue weighted by Crippen LogP contribution is -2.30. The van der Waals surface area contributed by atoms with Crippen molar-refractivity contribution in [1.82, 2.24) is 15.0 Å². The summed E-state index contributed by atoms with van der Waals surface area (Å²) in [5.74, 6) is 0. The lowest BCUT2D eigenvalue weighted by Gasteiger charge is -2.17. The predicted molar refractivity (Wildman–Crippen MR) is 106 cm³/mol. The van der Waals surface area contributed by atoms with Crippen molar-refractivity contribution >= 4 is 51.1 Å². The molecule has 25 heavy (non-hydrogen) atoms. The molecular weight excluding hydrogens is 401 g/mol. The molecule has 3 rings (SSSR count). The van der Waals surface area contributed by atoms with E-state index in [0.717, 1.165) is 27.6 Å². The van der Waals surface area contributed by atoms with Crippen LogP contribution >= 0.6 is 46.1 Å². The van der Waals surface area contributed by atoms with Gasteiger partial charge in [0.25, 0.3) is 0 Å². The normalized spacial score (nSPS) is 12.4. The van der Waals surface area contributed by atoms with E-state index in [9.17, 15) is 0 Å². The second kappa shape index (κ2) is 7.93. The first-order valence-corrected chi connectivity index (χ1v) is 9.49. The quantitative estimate of drug-likeness (QED) is 0.621. The molecule has 1 atom stereocenters. The van der Waals surface area contributed by atoms with E-state index >= 15 is 0 Å². The van der Waals surface area contributed by atoms with Crippen molar-refractivity contribution in [3.8, 4) is 11.3 Å². The molecule has 0 spiro atoms. The Balaban J connectivity index is 1.78. The Bertz CT molecular complexity index is 840. The number of nitrogens with zero attached hydrogens (tertiary/aromatic N) is 3. The first-order valence-electron chi connectivity index (χ1n) is 7.54. The zero-order valence-corrected chi connectivity index (χ0v) is 16.4. The lowest BCUT2D eigenvalue weighted by atomic mass is 10.1. The standard InChI is InChI=1S/C16H16Cl3N5S/c1-24-14(15(18)22-23-24)12-7-13(25-16(12)19)21-11(8-20)6-9-2-4-10(17)5-3-9/h2-5,7,11,21H,6,8,20H2,1H3/t11-/m0/s1. The molecule has 0 aliphatic carbocycles. The van der Waals surface area contributed by atoms with E-state index in [1.54, 1.807) is 11.7 Å². The van der Waals surface area contributed by atoms with Crippen LogP contribution in [0.25, 0.3) is 11.3 Å². The number of aryl methyl sites for hydroxylation is 1. The number of nitrogens with one attached hydrogen (secondary N) is 1. The van der Waals surface area contributed by atoms with Gasteiger partial charge < -0.3 is 11.1 Å². The first-order chi connectivity index (χ1) is 12.0. The van der Waals surface area contributed by atoms with Crippen molar-refractivity contribution in [2.45, 2.75) is 12.5 Å². The van der Waals surface area contributed by atoms with E-state index in [1.807, 2.05) is 30.3 Å². The molecule has 0 aliphatic heterocycles. The van der Waals surface area contributed by atoms with E-state index in [1.165, 1.54) is 11.3 Å². The molecule has 132 valence electrons. The zero-order chi connectivity index (χ0) is 18.0. The highest BCUT2D eigenvalue weighted by molar-refractivity contribution is 7.20. The Labute approximate surface area is 164 Å². The SMILES string of the molecule is Cn1nnc(Cl)c1-c1cc(N[C@H](CN)Cc2ccc(Cl)cc2)sc1Cl. The number of aromatic nitrogens is 3. The molecule has 0 radical (unpaired) electrons. The zero-order valence-electron chi connectivity index (χ0n) is 13.3. The van der Waals surface area contributed by atoms with Crippen molar-refractivity contribution in [2.75, 3.05) is 11.9 Å². The summed E-state index contributed by atoms with van der Waals surface area (Å²) in [4.78, 5) is 0. The summed E-state index contributed by atoms with van der Waals surface area (Å²) in [6.07, 6.45) is 0.784. The minimum absolute atomic E-state index is 0.0730. The third-order valence-corrected chi connectivity index (χ3v) is 5.55. The Hall–Kier alpha value is -1.31. The van der Waals surface area contributed by atoms with Gasteiger partial charge in [-0.15, -0.1) is 16.4 Å². The van der Waals surface area contributed by atoms with E-state index in [4.69, 9.17) is 40.5 Å². The molecule has 3 N–H and O–H groups in total. The average Bonchev–Trinajstić information content (AvgIpc) is 3.10. The van der Waals surface area contributed by atoms with Crippen molar-refractivity contribution in [2.24, 2.45) is 12.8 Å². The predicted octanol–water partition coefficient (Wildman–Crippen LogP) is 4.49. The minimum atomic E-state index is 0.0730. The topological polar surface area (TPSA) is 68.8 Å². The van der Waals surface area contributed by atoms with Crippen LogP contribution in [0.2, 0.25) is 14.5 Å². The van der Waals surface area contributed by atoms with Crippen molar-refractivity contribution in [3.05, 3.63) is 50.4 Å². The first kappa shape index (κ1) is 18.5. The summed E-state index contributed by atoms with van der Waals surface area (Å²) >= 11 is 19.9. The van der Waals surface area contributed by atoms with Gasteiger partial charge in [-0.2, -0.15) is 0 Å². The molecule has 9 heteroatoms. The van der Waals surface area contributed by atoms with Crippen LogP contribution in [0.15, 0.2) is 30.3 Å². The van der Waals surface area contributed by atoms with Crippen LogP contribution in [0.4, 0.5) is 5.00 Å². The van der Waals surface area contributed by atoms with Gasteiger partial charge in [-0.05, 0) is 30.2 Å². The second-order valence-electron chi connectivity index (χ2n) is 5.56. The highest BCUT2D eigenvalue weighted by atomic mass is 35.5. The fourth-order valence-electron chi connectivity index (χ4n) is 2.52. The van der Waals surface area contributed by atoms with Gasteiger partial charge in [0, 0.05) is 30.2 Å². The van der Waals surface area contributed by atoms with Crippen LogP contribution in [-0.4, -0.2) is 27.6 Å². The van der Waals surface area contributed by atoms with Crippen LogP contribution in [0, 0.1) is 0 Å².